The standard InChI is InChI=1S/C12H17N3O2S/c1-12(2,3)17-11(16)15-14-10(18)13-9-7-5-4-6-8-9/h4-8H,1-3H3,(H,15,16)(H2,13,14,18). The van der Waals surface area contributed by atoms with Gasteiger partial charge in [0.25, 0.3) is 0 Å². The molecule has 3 N–H and O–H groups in total. The lowest BCUT2D eigenvalue weighted by atomic mass is 10.2. The fraction of sp³-hybridized carbons (Fsp3) is 0.333. The Kier molecular flexibility index (Phi) is 4.91. The van der Waals surface area contributed by atoms with E-state index in [1.165, 1.54) is 0 Å². The first-order valence-electron chi connectivity index (χ1n) is 5.48. The average molecular weight is 267 g/mol. The van der Waals surface area contributed by atoms with Gasteiger partial charge in [-0.2, -0.15) is 0 Å². The first-order valence-corrected chi connectivity index (χ1v) is 5.89. The van der Waals surface area contributed by atoms with Gasteiger partial charge in [-0.15, -0.1) is 0 Å². The van der Waals surface area contributed by atoms with Crippen LogP contribution in [0.1, 0.15) is 20.8 Å². The second-order valence-electron chi connectivity index (χ2n) is 4.57. The zero-order valence-corrected chi connectivity index (χ0v) is 11.4. The highest BCUT2D eigenvalue weighted by Gasteiger charge is 2.15. The van der Waals surface area contributed by atoms with Crippen LogP contribution in [0.5, 0.6) is 0 Å². The largest absolute Gasteiger partial charge is 0.443 e. The number of hydrogen-bond donors (Lipinski definition) is 3. The number of para-hydroxylation sites is 1. The molecule has 1 aromatic carbocycles. The summed E-state index contributed by atoms with van der Waals surface area (Å²) in [6.07, 6.45) is -0.584. The molecule has 0 aliphatic rings. The maximum absolute atomic E-state index is 11.3. The molecule has 98 valence electrons. The molecule has 0 heterocycles. The lowest BCUT2D eigenvalue weighted by Crippen LogP contribution is -2.45. The Bertz CT molecular complexity index is 415. The van der Waals surface area contributed by atoms with Crippen molar-refractivity contribution in [3.05, 3.63) is 30.3 Å². The molecule has 0 aromatic heterocycles. The zero-order valence-electron chi connectivity index (χ0n) is 10.6. The summed E-state index contributed by atoms with van der Waals surface area (Å²) in [5, 5.41) is 3.19. The summed E-state index contributed by atoms with van der Waals surface area (Å²) in [7, 11) is 0. The van der Waals surface area contributed by atoms with E-state index in [0.29, 0.717) is 0 Å². The molecule has 18 heavy (non-hydrogen) atoms. The zero-order chi connectivity index (χ0) is 13.6. The SMILES string of the molecule is CC(C)(C)OC(=O)NNC(=S)Nc1ccccc1. The number of carbonyl (C=O) groups excluding carboxylic acids is 1. The molecule has 0 spiro atoms. The monoisotopic (exact) mass is 267 g/mol. The summed E-state index contributed by atoms with van der Waals surface area (Å²) in [6.45, 7) is 5.35. The van der Waals surface area contributed by atoms with E-state index in [1.54, 1.807) is 20.8 Å². The molecule has 1 rings (SSSR count). The van der Waals surface area contributed by atoms with E-state index in [4.69, 9.17) is 17.0 Å². The number of ether oxygens (including phenoxy) is 1. The normalized spacial score (nSPS) is 10.4. The summed E-state index contributed by atoms with van der Waals surface area (Å²) >= 11 is 5.00. The molecule has 0 saturated carbocycles. The maximum Gasteiger partial charge on any atom is 0.426 e. The van der Waals surface area contributed by atoms with Gasteiger partial charge in [0, 0.05) is 5.69 Å². The van der Waals surface area contributed by atoms with Crippen LogP contribution in [-0.2, 0) is 4.74 Å². The lowest BCUT2D eigenvalue weighted by molar-refractivity contribution is 0.0513. The third-order valence-corrected chi connectivity index (χ3v) is 1.91. The third-order valence-electron chi connectivity index (χ3n) is 1.71. The Labute approximate surface area is 112 Å². The molecule has 0 unspecified atom stereocenters. The van der Waals surface area contributed by atoms with Gasteiger partial charge in [0.15, 0.2) is 5.11 Å². The van der Waals surface area contributed by atoms with Crippen molar-refractivity contribution in [2.75, 3.05) is 5.32 Å². The Morgan fingerprint density at radius 2 is 1.78 bits per heavy atom. The van der Waals surface area contributed by atoms with E-state index in [0.717, 1.165) is 5.69 Å². The molecule has 0 saturated heterocycles. The Balaban J connectivity index is 2.32. The highest BCUT2D eigenvalue weighted by atomic mass is 32.1. The summed E-state index contributed by atoms with van der Waals surface area (Å²) in [6, 6.07) is 9.39. The van der Waals surface area contributed by atoms with Crippen LogP contribution < -0.4 is 16.2 Å². The van der Waals surface area contributed by atoms with Gasteiger partial charge in [-0.25, -0.2) is 10.2 Å². The Morgan fingerprint density at radius 3 is 2.33 bits per heavy atom. The van der Waals surface area contributed by atoms with Crippen LogP contribution in [0, 0.1) is 0 Å². The van der Waals surface area contributed by atoms with Gasteiger partial charge >= 0.3 is 6.09 Å². The summed E-state index contributed by atoms with van der Waals surface area (Å²) in [5.74, 6) is 0. The summed E-state index contributed by atoms with van der Waals surface area (Å²) in [5.41, 5.74) is 5.19. The van der Waals surface area contributed by atoms with E-state index < -0.39 is 11.7 Å². The molecule has 0 radical (unpaired) electrons. The Morgan fingerprint density at radius 1 is 1.17 bits per heavy atom. The predicted molar refractivity (Wildman–Crippen MR) is 75.2 cm³/mol. The minimum atomic E-state index is -0.584. The van der Waals surface area contributed by atoms with Crippen LogP contribution in [0.25, 0.3) is 0 Å². The second-order valence-corrected chi connectivity index (χ2v) is 4.98. The Hall–Kier alpha value is -1.82. The molecule has 1 amide bonds. The minimum Gasteiger partial charge on any atom is -0.443 e. The summed E-state index contributed by atoms with van der Waals surface area (Å²) < 4.78 is 5.04. The van der Waals surface area contributed by atoms with Gasteiger partial charge in [0.05, 0.1) is 0 Å². The topological polar surface area (TPSA) is 62.4 Å². The molecule has 0 atom stereocenters. The molecule has 6 heteroatoms. The van der Waals surface area contributed by atoms with Crippen molar-refractivity contribution in [2.45, 2.75) is 26.4 Å². The van der Waals surface area contributed by atoms with Gasteiger partial charge in [-0.05, 0) is 45.1 Å². The van der Waals surface area contributed by atoms with Crippen LogP contribution >= 0.6 is 12.2 Å². The fourth-order valence-electron chi connectivity index (χ4n) is 1.10. The number of nitrogens with one attached hydrogen (secondary N) is 3. The van der Waals surface area contributed by atoms with Crippen molar-refractivity contribution < 1.29 is 9.53 Å². The first-order chi connectivity index (χ1) is 8.37. The van der Waals surface area contributed by atoms with E-state index in [9.17, 15) is 4.79 Å². The molecule has 5 nitrogen and oxygen atoms in total. The van der Waals surface area contributed by atoms with Crippen molar-refractivity contribution in [2.24, 2.45) is 0 Å². The number of benzene rings is 1. The summed E-state index contributed by atoms with van der Waals surface area (Å²) in [4.78, 5) is 11.3. The molecule has 0 aliphatic carbocycles. The maximum atomic E-state index is 11.3. The van der Waals surface area contributed by atoms with Gasteiger partial charge in [0.1, 0.15) is 5.60 Å². The van der Waals surface area contributed by atoms with E-state index in [-0.39, 0.29) is 5.11 Å². The number of rotatable bonds is 1. The highest BCUT2D eigenvalue weighted by Crippen LogP contribution is 2.06. The van der Waals surface area contributed by atoms with Crippen LogP contribution in [0.15, 0.2) is 30.3 Å². The molecular formula is C12H17N3O2S. The highest BCUT2D eigenvalue weighted by molar-refractivity contribution is 7.80. The van der Waals surface area contributed by atoms with Crippen LogP contribution in [-0.4, -0.2) is 16.8 Å². The van der Waals surface area contributed by atoms with Gasteiger partial charge in [-0.3, -0.25) is 5.43 Å². The van der Waals surface area contributed by atoms with E-state index >= 15 is 0 Å². The molecule has 0 fully saturated rings. The predicted octanol–water partition coefficient (Wildman–Crippen LogP) is 2.41. The number of amides is 1. The molecular weight excluding hydrogens is 250 g/mol. The smallest absolute Gasteiger partial charge is 0.426 e. The van der Waals surface area contributed by atoms with Crippen molar-refractivity contribution in [1.82, 2.24) is 10.9 Å². The number of hydrogen-bond acceptors (Lipinski definition) is 3. The van der Waals surface area contributed by atoms with Crippen molar-refractivity contribution in [1.29, 1.82) is 0 Å². The van der Waals surface area contributed by atoms with Crippen LogP contribution in [0.2, 0.25) is 0 Å². The van der Waals surface area contributed by atoms with E-state index in [1.807, 2.05) is 30.3 Å². The first kappa shape index (κ1) is 14.2. The fourth-order valence-corrected chi connectivity index (χ4v) is 1.26. The number of hydrazine groups is 1. The van der Waals surface area contributed by atoms with Crippen molar-refractivity contribution in [3.63, 3.8) is 0 Å². The van der Waals surface area contributed by atoms with Gasteiger partial charge in [0.2, 0.25) is 0 Å². The quantitative estimate of drug-likeness (QED) is 0.539. The van der Waals surface area contributed by atoms with Crippen LogP contribution in [0.3, 0.4) is 0 Å². The number of anilines is 1. The third kappa shape index (κ3) is 6.05. The number of carbonyl (C=O) groups is 1. The van der Waals surface area contributed by atoms with Crippen LogP contribution in [0.4, 0.5) is 10.5 Å². The second kappa shape index (κ2) is 6.20. The molecule has 0 aliphatic heterocycles. The lowest BCUT2D eigenvalue weighted by Gasteiger charge is -2.20. The number of thiocarbonyl (C=S) groups is 1. The minimum absolute atomic E-state index is 0.284. The van der Waals surface area contributed by atoms with Crippen molar-refractivity contribution >= 4 is 29.1 Å². The molecule has 1 aromatic rings. The van der Waals surface area contributed by atoms with Crippen molar-refractivity contribution in [3.8, 4) is 0 Å². The molecule has 0 bridgehead atoms. The van der Waals surface area contributed by atoms with Gasteiger partial charge in [-0.1, -0.05) is 18.2 Å². The van der Waals surface area contributed by atoms with Gasteiger partial charge < -0.3 is 10.1 Å². The average Bonchev–Trinajstić information content (AvgIpc) is 2.25. The van der Waals surface area contributed by atoms with E-state index in [2.05, 4.69) is 16.2 Å².